The Morgan fingerprint density at radius 1 is 1.39 bits per heavy atom. The van der Waals surface area contributed by atoms with Crippen LogP contribution in [0.2, 0.25) is 0 Å². The third-order valence-corrected chi connectivity index (χ3v) is 3.64. The molecule has 0 aliphatic rings. The van der Waals surface area contributed by atoms with Crippen molar-refractivity contribution >= 4 is 16.5 Å². The van der Waals surface area contributed by atoms with Gasteiger partial charge in [0.1, 0.15) is 0 Å². The van der Waals surface area contributed by atoms with Crippen molar-refractivity contribution in [3.63, 3.8) is 0 Å². The van der Waals surface area contributed by atoms with Crippen LogP contribution in [0.15, 0.2) is 6.20 Å². The van der Waals surface area contributed by atoms with Crippen LogP contribution in [-0.4, -0.2) is 41.7 Å². The van der Waals surface area contributed by atoms with Crippen molar-refractivity contribution < 1.29 is 5.11 Å². The van der Waals surface area contributed by atoms with Gasteiger partial charge in [-0.15, -0.1) is 11.3 Å². The molecule has 0 unspecified atom stereocenters. The fourth-order valence-corrected chi connectivity index (χ4v) is 2.63. The number of rotatable bonds is 10. The highest BCUT2D eigenvalue weighted by molar-refractivity contribution is 7.15. The average molecular weight is 271 g/mol. The van der Waals surface area contributed by atoms with E-state index in [1.807, 2.05) is 6.20 Å². The number of hydrogen-bond acceptors (Lipinski definition) is 5. The van der Waals surface area contributed by atoms with Gasteiger partial charge in [0.05, 0.1) is 0 Å². The molecule has 104 valence electrons. The Bertz CT molecular complexity index is 317. The standard InChI is InChI=1S/C13H25N3OS/c1-3-7-14-13-15-10-12(18-13)11-16(2)8-5-4-6-9-17/h10,17H,3-9,11H2,1-2H3,(H,14,15). The van der Waals surface area contributed by atoms with Gasteiger partial charge in [0.15, 0.2) is 5.13 Å². The van der Waals surface area contributed by atoms with E-state index in [0.29, 0.717) is 6.61 Å². The molecule has 1 rings (SSSR count). The normalized spacial score (nSPS) is 11.1. The predicted octanol–water partition coefficient (Wildman–Crippen LogP) is 2.56. The van der Waals surface area contributed by atoms with Crippen LogP contribution >= 0.6 is 11.3 Å². The first-order valence-electron chi connectivity index (χ1n) is 6.74. The van der Waals surface area contributed by atoms with Crippen LogP contribution < -0.4 is 5.32 Å². The Hall–Kier alpha value is -0.650. The fourth-order valence-electron chi connectivity index (χ4n) is 1.71. The van der Waals surface area contributed by atoms with Crippen LogP contribution in [0.3, 0.4) is 0 Å². The van der Waals surface area contributed by atoms with Gasteiger partial charge in [-0.05, 0) is 39.3 Å². The molecular formula is C13H25N3OS. The molecule has 0 atom stereocenters. The highest BCUT2D eigenvalue weighted by Crippen LogP contribution is 2.19. The first-order chi connectivity index (χ1) is 8.76. The Labute approximate surface area is 114 Å². The van der Waals surface area contributed by atoms with Crippen molar-refractivity contribution in [2.45, 2.75) is 39.2 Å². The number of anilines is 1. The van der Waals surface area contributed by atoms with Crippen molar-refractivity contribution in [1.82, 2.24) is 9.88 Å². The molecule has 5 heteroatoms. The number of aliphatic hydroxyl groups is 1. The van der Waals surface area contributed by atoms with E-state index < -0.39 is 0 Å². The van der Waals surface area contributed by atoms with E-state index in [1.165, 1.54) is 4.88 Å². The molecule has 0 aliphatic heterocycles. The van der Waals surface area contributed by atoms with Crippen molar-refractivity contribution in [2.75, 3.05) is 32.1 Å². The predicted molar refractivity (Wildman–Crippen MR) is 78.2 cm³/mol. The van der Waals surface area contributed by atoms with Gasteiger partial charge in [0.2, 0.25) is 0 Å². The molecule has 0 amide bonds. The second-order valence-corrected chi connectivity index (χ2v) is 5.70. The zero-order valence-electron chi connectivity index (χ0n) is 11.5. The monoisotopic (exact) mass is 271 g/mol. The van der Waals surface area contributed by atoms with Crippen LogP contribution in [0.4, 0.5) is 5.13 Å². The quantitative estimate of drug-likeness (QED) is 0.642. The molecule has 0 aliphatic carbocycles. The molecule has 0 aromatic carbocycles. The molecule has 0 spiro atoms. The lowest BCUT2D eigenvalue weighted by Gasteiger charge is -2.14. The van der Waals surface area contributed by atoms with Gasteiger partial charge in [0.25, 0.3) is 0 Å². The van der Waals surface area contributed by atoms with Crippen LogP contribution in [0.5, 0.6) is 0 Å². The van der Waals surface area contributed by atoms with Crippen LogP contribution in [0.25, 0.3) is 0 Å². The molecule has 4 nitrogen and oxygen atoms in total. The van der Waals surface area contributed by atoms with Crippen molar-refractivity contribution in [3.05, 3.63) is 11.1 Å². The Balaban J connectivity index is 2.22. The van der Waals surface area contributed by atoms with Crippen molar-refractivity contribution in [3.8, 4) is 0 Å². The molecule has 18 heavy (non-hydrogen) atoms. The lowest BCUT2D eigenvalue weighted by atomic mass is 10.2. The number of aromatic nitrogens is 1. The van der Waals surface area contributed by atoms with E-state index in [2.05, 4.69) is 29.2 Å². The number of unbranched alkanes of at least 4 members (excludes halogenated alkanes) is 2. The maximum Gasteiger partial charge on any atom is 0.182 e. The second-order valence-electron chi connectivity index (χ2n) is 4.58. The van der Waals surface area contributed by atoms with Gasteiger partial charge < -0.3 is 15.3 Å². The van der Waals surface area contributed by atoms with E-state index in [0.717, 1.165) is 50.4 Å². The Kier molecular flexibility index (Phi) is 7.96. The molecule has 0 fully saturated rings. The number of hydrogen-bond donors (Lipinski definition) is 2. The van der Waals surface area contributed by atoms with Crippen LogP contribution in [0, 0.1) is 0 Å². The number of nitrogens with one attached hydrogen (secondary N) is 1. The van der Waals surface area contributed by atoms with Gasteiger partial charge >= 0.3 is 0 Å². The highest BCUT2D eigenvalue weighted by atomic mass is 32.1. The maximum atomic E-state index is 8.71. The number of nitrogens with zero attached hydrogens (tertiary/aromatic N) is 2. The minimum Gasteiger partial charge on any atom is -0.396 e. The lowest BCUT2D eigenvalue weighted by Crippen LogP contribution is -2.18. The smallest absolute Gasteiger partial charge is 0.182 e. The largest absolute Gasteiger partial charge is 0.396 e. The van der Waals surface area contributed by atoms with Crippen molar-refractivity contribution in [2.24, 2.45) is 0 Å². The summed E-state index contributed by atoms with van der Waals surface area (Å²) in [6.07, 6.45) is 6.26. The Morgan fingerprint density at radius 3 is 2.94 bits per heavy atom. The highest BCUT2D eigenvalue weighted by Gasteiger charge is 2.04. The SMILES string of the molecule is CCCNc1ncc(CN(C)CCCCCO)s1. The zero-order chi connectivity index (χ0) is 13.2. The van der Waals surface area contributed by atoms with Gasteiger partial charge in [-0.1, -0.05) is 6.92 Å². The van der Waals surface area contributed by atoms with E-state index in [-0.39, 0.29) is 0 Å². The van der Waals surface area contributed by atoms with E-state index in [4.69, 9.17) is 5.11 Å². The van der Waals surface area contributed by atoms with Gasteiger partial charge in [-0.25, -0.2) is 4.98 Å². The molecule has 0 saturated heterocycles. The summed E-state index contributed by atoms with van der Waals surface area (Å²) in [6.45, 7) is 5.50. The van der Waals surface area contributed by atoms with Gasteiger partial charge in [0, 0.05) is 30.8 Å². The van der Waals surface area contributed by atoms with Crippen LogP contribution in [0.1, 0.15) is 37.5 Å². The third-order valence-electron chi connectivity index (χ3n) is 2.70. The summed E-state index contributed by atoms with van der Waals surface area (Å²) in [5, 5.41) is 13.1. The topological polar surface area (TPSA) is 48.4 Å². The first kappa shape index (κ1) is 15.4. The molecule has 0 saturated carbocycles. The summed E-state index contributed by atoms with van der Waals surface area (Å²) in [7, 11) is 2.14. The number of thiazole rings is 1. The second kappa shape index (κ2) is 9.30. The number of aliphatic hydroxyl groups excluding tert-OH is 1. The summed E-state index contributed by atoms with van der Waals surface area (Å²) < 4.78 is 0. The summed E-state index contributed by atoms with van der Waals surface area (Å²) >= 11 is 1.74. The third kappa shape index (κ3) is 6.33. The lowest BCUT2D eigenvalue weighted by molar-refractivity contribution is 0.271. The van der Waals surface area contributed by atoms with Gasteiger partial charge in [-0.3, -0.25) is 0 Å². The molecule has 1 heterocycles. The fraction of sp³-hybridized carbons (Fsp3) is 0.769. The zero-order valence-corrected chi connectivity index (χ0v) is 12.3. The molecular weight excluding hydrogens is 246 g/mol. The Morgan fingerprint density at radius 2 is 2.22 bits per heavy atom. The minimum atomic E-state index is 0.311. The molecule has 1 aromatic heterocycles. The molecule has 2 N–H and O–H groups in total. The molecule has 0 bridgehead atoms. The van der Waals surface area contributed by atoms with Crippen LogP contribution in [-0.2, 0) is 6.54 Å². The van der Waals surface area contributed by atoms with Crippen molar-refractivity contribution in [1.29, 1.82) is 0 Å². The maximum absolute atomic E-state index is 8.71. The van der Waals surface area contributed by atoms with Gasteiger partial charge in [-0.2, -0.15) is 0 Å². The minimum absolute atomic E-state index is 0.311. The average Bonchev–Trinajstić information content (AvgIpc) is 2.80. The van der Waals surface area contributed by atoms with E-state index in [1.54, 1.807) is 11.3 Å². The summed E-state index contributed by atoms with van der Waals surface area (Å²) in [4.78, 5) is 7.98. The van der Waals surface area contributed by atoms with E-state index in [9.17, 15) is 0 Å². The van der Waals surface area contributed by atoms with E-state index >= 15 is 0 Å². The molecule has 1 aromatic rings. The summed E-state index contributed by atoms with van der Waals surface area (Å²) in [5.41, 5.74) is 0. The summed E-state index contributed by atoms with van der Waals surface area (Å²) in [5.74, 6) is 0. The molecule has 0 radical (unpaired) electrons. The first-order valence-corrected chi connectivity index (χ1v) is 7.56. The summed E-state index contributed by atoms with van der Waals surface area (Å²) in [6, 6.07) is 0.